The van der Waals surface area contributed by atoms with Gasteiger partial charge < -0.3 is 15.4 Å². The van der Waals surface area contributed by atoms with Crippen molar-refractivity contribution in [1.29, 1.82) is 0 Å². The Labute approximate surface area is 103 Å². The highest BCUT2D eigenvalue weighted by atomic mass is 16.5. The first kappa shape index (κ1) is 12.5. The fraction of sp³-hybridized carbons (Fsp3) is 0.615. The van der Waals surface area contributed by atoms with Crippen LogP contribution in [0.4, 0.5) is 0 Å². The molecule has 1 fully saturated rings. The third-order valence-electron chi connectivity index (χ3n) is 3.33. The molecule has 2 rings (SSSR count). The van der Waals surface area contributed by atoms with Crippen molar-refractivity contribution in [2.24, 2.45) is 11.1 Å². The van der Waals surface area contributed by atoms with Crippen LogP contribution in [0.2, 0.25) is 0 Å². The predicted molar refractivity (Wildman–Crippen MR) is 67.7 cm³/mol. The smallest absolute Gasteiger partial charge is 0.0569 e. The topological polar surface area (TPSA) is 51.4 Å². The van der Waals surface area contributed by atoms with Gasteiger partial charge in [0.15, 0.2) is 0 Å². The summed E-state index contributed by atoms with van der Waals surface area (Å²) in [6.07, 6.45) is 2.83. The molecule has 0 bridgehead atoms. The predicted octanol–water partition coefficient (Wildman–Crippen LogP) is 0.531. The van der Waals surface area contributed by atoms with Gasteiger partial charge in [-0.25, -0.2) is 0 Å². The second-order valence-electron chi connectivity index (χ2n) is 5.01. The average Bonchev–Trinajstić information content (AvgIpc) is 2.33. The van der Waals surface area contributed by atoms with Crippen LogP contribution < -0.4 is 5.73 Å². The molecular formula is C13H21N3O. The van der Waals surface area contributed by atoms with Crippen molar-refractivity contribution in [3.8, 4) is 0 Å². The summed E-state index contributed by atoms with van der Waals surface area (Å²) in [4.78, 5) is 6.65. The summed E-state index contributed by atoms with van der Waals surface area (Å²) >= 11 is 0. The zero-order valence-corrected chi connectivity index (χ0v) is 10.4. The molecular weight excluding hydrogens is 214 g/mol. The van der Waals surface area contributed by atoms with Gasteiger partial charge in [0.25, 0.3) is 0 Å². The van der Waals surface area contributed by atoms with Crippen molar-refractivity contribution in [1.82, 2.24) is 9.88 Å². The summed E-state index contributed by atoms with van der Waals surface area (Å²) in [7, 11) is 2.14. The first-order valence-electron chi connectivity index (χ1n) is 6.10. The standard InChI is InChI=1S/C13H21N3O/c1-16(9-13(8-14)10-17-11-13)7-5-12-4-2-3-6-15-12/h2-4,6H,5,7-11,14H2,1H3. The van der Waals surface area contributed by atoms with Crippen molar-refractivity contribution in [3.05, 3.63) is 30.1 Å². The molecule has 0 amide bonds. The second kappa shape index (κ2) is 5.58. The molecule has 17 heavy (non-hydrogen) atoms. The van der Waals surface area contributed by atoms with Gasteiger partial charge >= 0.3 is 0 Å². The Hall–Kier alpha value is -0.970. The SMILES string of the molecule is CN(CCc1ccccn1)CC1(CN)COC1. The maximum Gasteiger partial charge on any atom is 0.0569 e. The van der Waals surface area contributed by atoms with Gasteiger partial charge in [-0.1, -0.05) is 6.07 Å². The lowest BCUT2D eigenvalue weighted by molar-refractivity contribution is -0.117. The van der Waals surface area contributed by atoms with Crippen molar-refractivity contribution < 1.29 is 4.74 Å². The maximum atomic E-state index is 5.81. The summed E-state index contributed by atoms with van der Waals surface area (Å²) in [6, 6.07) is 6.05. The molecule has 0 saturated carbocycles. The lowest BCUT2D eigenvalue weighted by Crippen LogP contribution is -2.54. The van der Waals surface area contributed by atoms with Gasteiger partial charge in [-0.2, -0.15) is 0 Å². The first-order chi connectivity index (χ1) is 8.24. The molecule has 1 aromatic heterocycles. The number of ether oxygens (including phenoxy) is 1. The van der Waals surface area contributed by atoms with Crippen LogP contribution in [-0.2, 0) is 11.2 Å². The Morgan fingerprint density at radius 2 is 2.29 bits per heavy atom. The third-order valence-corrected chi connectivity index (χ3v) is 3.33. The van der Waals surface area contributed by atoms with Gasteiger partial charge in [0, 0.05) is 43.4 Å². The lowest BCUT2D eigenvalue weighted by Gasteiger charge is -2.43. The van der Waals surface area contributed by atoms with Crippen LogP contribution in [0.3, 0.4) is 0 Å². The molecule has 0 aliphatic carbocycles. The molecule has 0 atom stereocenters. The van der Waals surface area contributed by atoms with Crippen LogP contribution in [0, 0.1) is 5.41 Å². The number of nitrogens with zero attached hydrogens (tertiary/aromatic N) is 2. The molecule has 0 unspecified atom stereocenters. The third kappa shape index (κ3) is 3.25. The number of hydrogen-bond acceptors (Lipinski definition) is 4. The average molecular weight is 235 g/mol. The van der Waals surface area contributed by atoms with E-state index in [1.807, 2.05) is 18.3 Å². The molecule has 4 heteroatoms. The van der Waals surface area contributed by atoms with Crippen LogP contribution in [-0.4, -0.2) is 49.8 Å². The summed E-state index contributed by atoms with van der Waals surface area (Å²) in [5.41, 5.74) is 7.14. The van der Waals surface area contributed by atoms with Crippen LogP contribution in [0.15, 0.2) is 24.4 Å². The number of rotatable bonds is 6. The van der Waals surface area contributed by atoms with Gasteiger partial charge in [-0.3, -0.25) is 4.98 Å². The Morgan fingerprint density at radius 3 is 2.82 bits per heavy atom. The number of aromatic nitrogens is 1. The van der Waals surface area contributed by atoms with E-state index in [-0.39, 0.29) is 5.41 Å². The van der Waals surface area contributed by atoms with E-state index in [0.717, 1.165) is 38.4 Å². The Kier molecular flexibility index (Phi) is 4.10. The van der Waals surface area contributed by atoms with E-state index < -0.39 is 0 Å². The van der Waals surface area contributed by atoms with Gasteiger partial charge in [-0.05, 0) is 19.2 Å². The number of hydrogen-bond donors (Lipinski definition) is 1. The van der Waals surface area contributed by atoms with Crippen LogP contribution in [0.5, 0.6) is 0 Å². The zero-order chi connectivity index (χ0) is 12.1. The fourth-order valence-electron chi connectivity index (χ4n) is 2.17. The molecule has 2 heterocycles. The molecule has 0 aromatic carbocycles. The summed E-state index contributed by atoms with van der Waals surface area (Å²) < 4.78 is 5.27. The Balaban J connectivity index is 1.76. The van der Waals surface area contributed by atoms with E-state index in [9.17, 15) is 0 Å². The van der Waals surface area contributed by atoms with Gasteiger partial charge in [0.05, 0.1) is 13.2 Å². The molecule has 1 aliphatic rings. The molecule has 4 nitrogen and oxygen atoms in total. The fourth-order valence-corrected chi connectivity index (χ4v) is 2.17. The van der Waals surface area contributed by atoms with E-state index in [1.54, 1.807) is 0 Å². The highest BCUT2D eigenvalue weighted by Gasteiger charge is 2.37. The van der Waals surface area contributed by atoms with Crippen LogP contribution in [0.25, 0.3) is 0 Å². The molecule has 94 valence electrons. The quantitative estimate of drug-likeness (QED) is 0.781. The Morgan fingerprint density at radius 1 is 1.47 bits per heavy atom. The van der Waals surface area contributed by atoms with Crippen molar-refractivity contribution in [3.63, 3.8) is 0 Å². The normalized spacial score (nSPS) is 18.1. The molecule has 0 radical (unpaired) electrons. The van der Waals surface area contributed by atoms with E-state index in [2.05, 4.69) is 23.0 Å². The van der Waals surface area contributed by atoms with E-state index in [1.165, 1.54) is 0 Å². The molecule has 1 saturated heterocycles. The minimum absolute atomic E-state index is 0.193. The second-order valence-corrected chi connectivity index (χ2v) is 5.01. The van der Waals surface area contributed by atoms with E-state index in [4.69, 9.17) is 10.5 Å². The number of nitrogens with two attached hydrogens (primary N) is 1. The van der Waals surface area contributed by atoms with Gasteiger partial charge in [0.1, 0.15) is 0 Å². The minimum atomic E-state index is 0.193. The van der Waals surface area contributed by atoms with Crippen LogP contribution >= 0.6 is 0 Å². The van der Waals surface area contributed by atoms with Crippen LogP contribution in [0.1, 0.15) is 5.69 Å². The maximum absolute atomic E-state index is 5.81. The number of pyridine rings is 1. The zero-order valence-electron chi connectivity index (χ0n) is 10.4. The largest absolute Gasteiger partial charge is 0.380 e. The summed E-state index contributed by atoms with van der Waals surface area (Å²) in [5.74, 6) is 0. The Bertz CT molecular complexity index is 332. The van der Waals surface area contributed by atoms with E-state index in [0.29, 0.717) is 6.54 Å². The van der Waals surface area contributed by atoms with E-state index >= 15 is 0 Å². The lowest BCUT2D eigenvalue weighted by atomic mass is 9.85. The highest BCUT2D eigenvalue weighted by molar-refractivity contribution is 5.03. The van der Waals surface area contributed by atoms with Gasteiger partial charge in [0.2, 0.25) is 0 Å². The molecule has 2 N–H and O–H groups in total. The van der Waals surface area contributed by atoms with Crippen molar-refractivity contribution in [2.45, 2.75) is 6.42 Å². The van der Waals surface area contributed by atoms with Crippen molar-refractivity contribution in [2.75, 3.05) is 39.9 Å². The minimum Gasteiger partial charge on any atom is -0.380 e. The van der Waals surface area contributed by atoms with Gasteiger partial charge in [-0.15, -0.1) is 0 Å². The molecule has 1 aromatic rings. The monoisotopic (exact) mass is 235 g/mol. The van der Waals surface area contributed by atoms with Crippen molar-refractivity contribution >= 4 is 0 Å². The number of likely N-dealkylation sites (N-methyl/N-ethyl adjacent to an activating group) is 1. The first-order valence-corrected chi connectivity index (χ1v) is 6.10. The summed E-state index contributed by atoms with van der Waals surface area (Å²) in [5, 5.41) is 0. The molecule has 1 aliphatic heterocycles. The highest BCUT2D eigenvalue weighted by Crippen LogP contribution is 2.26. The molecule has 0 spiro atoms. The summed E-state index contributed by atoms with van der Waals surface area (Å²) in [6.45, 7) is 4.34.